The summed E-state index contributed by atoms with van der Waals surface area (Å²) < 4.78 is 27.9. The lowest BCUT2D eigenvalue weighted by molar-refractivity contribution is 0.110. The molecule has 6 nitrogen and oxygen atoms in total. The molecule has 0 bridgehead atoms. The minimum Gasteiger partial charge on any atom is -0.337 e. The summed E-state index contributed by atoms with van der Waals surface area (Å²) in [6, 6.07) is 3.79. The molecule has 9 heteroatoms. The molecular formula is C17H20ClF2N5O. The number of nitrogens with zero attached hydrogens (tertiary/aromatic N) is 4. The van der Waals surface area contributed by atoms with E-state index in [1.54, 1.807) is 11.1 Å². The standard InChI is InChI=1S/C17H20ClF2N5O/c1-23-8-9-25(10-13(23)16-21-6-7-24(16)2)17(26)22-12-5-3-4-11(14(12)18)15(19)20/h3-7,13,15H,8-10H2,1-2H3,(H,22,26). The van der Waals surface area contributed by atoms with Crippen molar-refractivity contribution in [3.05, 3.63) is 47.0 Å². The van der Waals surface area contributed by atoms with Crippen LogP contribution in [0.5, 0.6) is 0 Å². The Bertz CT molecular complexity index is 797. The van der Waals surface area contributed by atoms with Crippen molar-refractivity contribution in [3.8, 4) is 0 Å². The van der Waals surface area contributed by atoms with Gasteiger partial charge in [0.1, 0.15) is 5.82 Å². The predicted molar refractivity (Wildman–Crippen MR) is 95.6 cm³/mol. The number of imidazole rings is 1. The number of hydrogen-bond donors (Lipinski definition) is 1. The number of piperazine rings is 1. The van der Waals surface area contributed by atoms with Crippen LogP contribution < -0.4 is 5.32 Å². The number of carbonyl (C=O) groups excluding carboxylic acids is 1. The van der Waals surface area contributed by atoms with Crippen LogP contribution in [0.25, 0.3) is 0 Å². The predicted octanol–water partition coefficient (Wildman–Crippen LogP) is 3.53. The van der Waals surface area contributed by atoms with E-state index < -0.39 is 6.43 Å². The van der Waals surface area contributed by atoms with Gasteiger partial charge >= 0.3 is 6.03 Å². The van der Waals surface area contributed by atoms with Crippen molar-refractivity contribution in [1.82, 2.24) is 19.4 Å². The zero-order valence-electron chi connectivity index (χ0n) is 14.5. The van der Waals surface area contributed by atoms with E-state index >= 15 is 0 Å². The van der Waals surface area contributed by atoms with Crippen molar-refractivity contribution in [1.29, 1.82) is 0 Å². The quantitative estimate of drug-likeness (QED) is 0.882. The molecule has 0 spiro atoms. The second-order valence-electron chi connectivity index (χ2n) is 6.28. The fraction of sp³-hybridized carbons (Fsp3) is 0.412. The van der Waals surface area contributed by atoms with Gasteiger partial charge in [0.25, 0.3) is 6.43 Å². The van der Waals surface area contributed by atoms with Gasteiger partial charge in [0, 0.05) is 44.6 Å². The van der Waals surface area contributed by atoms with E-state index in [9.17, 15) is 13.6 Å². The molecule has 1 fully saturated rings. The molecule has 1 aliphatic rings. The molecule has 3 rings (SSSR count). The fourth-order valence-corrected chi connectivity index (χ4v) is 3.30. The monoisotopic (exact) mass is 383 g/mol. The third-order valence-electron chi connectivity index (χ3n) is 4.60. The number of alkyl halides is 2. The Kier molecular flexibility index (Phi) is 5.43. The zero-order valence-corrected chi connectivity index (χ0v) is 15.2. The van der Waals surface area contributed by atoms with Gasteiger partial charge in [-0.2, -0.15) is 0 Å². The summed E-state index contributed by atoms with van der Waals surface area (Å²) in [5, 5.41) is 2.51. The van der Waals surface area contributed by atoms with Gasteiger partial charge in [-0.1, -0.05) is 23.7 Å². The van der Waals surface area contributed by atoms with Crippen LogP contribution >= 0.6 is 11.6 Å². The Balaban J connectivity index is 1.74. The largest absolute Gasteiger partial charge is 0.337 e. The number of urea groups is 1. The van der Waals surface area contributed by atoms with Crippen LogP contribution in [0.1, 0.15) is 23.9 Å². The van der Waals surface area contributed by atoms with E-state index in [0.29, 0.717) is 19.6 Å². The van der Waals surface area contributed by atoms with Crippen molar-refractivity contribution in [2.45, 2.75) is 12.5 Å². The van der Waals surface area contributed by atoms with Crippen molar-refractivity contribution >= 4 is 23.3 Å². The summed E-state index contributed by atoms with van der Waals surface area (Å²) in [6.45, 7) is 1.64. The van der Waals surface area contributed by atoms with Crippen molar-refractivity contribution < 1.29 is 13.6 Å². The molecule has 140 valence electrons. The maximum Gasteiger partial charge on any atom is 0.321 e. The molecule has 2 aromatic rings. The molecule has 1 atom stereocenters. The van der Waals surface area contributed by atoms with E-state index in [2.05, 4.69) is 15.2 Å². The van der Waals surface area contributed by atoms with Crippen LogP contribution in [-0.4, -0.2) is 52.1 Å². The summed E-state index contributed by atoms with van der Waals surface area (Å²) in [6.07, 6.45) is 0.881. The molecule has 1 aromatic heterocycles. The lowest BCUT2D eigenvalue weighted by Crippen LogP contribution is -2.50. The SMILES string of the molecule is CN1CCN(C(=O)Nc2cccc(C(F)F)c2Cl)CC1c1nccn1C. The topological polar surface area (TPSA) is 53.4 Å². The summed E-state index contributed by atoms with van der Waals surface area (Å²) in [5.41, 5.74) is -0.115. The molecule has 2 amide bonds. The highest BCUT2D eigenvalue weighted by Crippen LogP contribution is 2.33. The highest BCUT2D eigenvalue weighted by Gasteiger charge is 2.31. The summed E-state index contributed by atoms with van der Waals surface area (Å²) in [5.74, 6) is 0.864. The number of hydrogen-bond acceptors (Lipinski definition) is 3. The molecule has 26 heavy (non-hydrogen) atoms. The van der Waals surface area contributed by atoms with E-state index in [0.717, 1.165) is 5.82 Å². The normalized spacial score (nSPS) is 18.4. The van der Waals surface area contributed by atoms with Crippen LogP contribution in [0, 0.1) is 0 Å². The number of anilines is 1. The van der Waals surface area contributed by atoms with Crippen LogP contribution in [0.3, 0.4) is 0 Å². The molecular weight excluding hydrogens is 364 g/mol. The molecule has 1 aromatic carbocycles. The lowest BCUT2D eigenvalue weighted by atomic mass is 10.1. The number of carbonyl (C=O) groups is 1. The first-order valence-electron chi connectivity index (χ1n) is 8.18. The second kappa shape index (κ2) is 7.59. The third-order valence-corrected chi connectivity index (χ3v) is 5.02. The van der Waals surface area contributed by atoms with E-state index in [1.807, 2.05) is 24.9 Å². The van der Waals surface area contributed by atoms with Crippen LogP contribution in [0.2, 0.25) is 5.02 Å². The first kappa shape index (κ1) is 18.6. The van der Waals surface area contributed by atoms with E-state index in [4.69, 9.17) is 11.6 Å². The molecule has 2 heterocycles. The lowest BCUT2D eigenvalue weighted by Gasteiger charge is -2.38. The van der Waals surface area contributed by atoms with Gasteiger partial charge in [0.15, 0.2) is 0 Å². The summed E-state index contributed by atoms with van der Waals surface area (Å²) in [4.78, 5) is 20.8. The van der Waals surface area contributed by atoms with Gasteiger partial charge in [0.05, 0.1) is 16.8 Å². The number of aromatic nitrogens is 2. The number of nitrogens with one attached hydrogen (secondary N) is 1. The minimum absolute atomic E-state index is 0.0441. The number of aryl methyl sites for hydroxylation is 1. The molecule has 0 radical (unpaired) electrons. The smallest absolute Gasteiger partial charge is 0.321 e. The van der Waals surface area contributed by atoms with Crippen molar-refractivity contribution in [3.63, 3.8) is 0 Å². The number of rotatable bonds is 3. The average Bonchev–Trinajstić information content (AvgIpc) is 3.02. The number of benzene rings is 1. The Morgan fingerprint density at radius 2 is 2.12 bits per heavy atom. The molecule has 1 N–H and O–H groups in total. The van der Waals surface area contributed by atoms with Crippen molar-refractivity contribution in [2.75, 3.05) is 32.0 Å². The number of likely N-dealkylation sites (N-methyl/N-ethyl adjacent to an activating group) is 1. The Morgan fingerprint density at radius 1 is 1.35 bits per heavy atom. The number of halogens is 3. The van der Waals surface area contributed by atoms with E-state index in [1.165, 1.54) is 18.2 Å². The molecule has 0 saturated carbocycles. The Labute approximate surface area is 155 Å². The third kappa shape index (κ3) is 3.66. The van der Waals surface area contributed by atoms with Gasteiger partial charge in [-0.25, -0.2) is 18.6 Å². The van der Waals surface area contributed by atoms with Crippen LogP contribution in [0.15, 0.2) is 30.6 Å². The minimum atomic E-state index is -2.70. The zero-order chi connectivity index (χ0) is 18.8. The Morgan fingerprint density at radius 3 is 2.77 bits per heavy atom. The first-order chi connectivity index (χ1) is 12.4. The molecule has 0 aliphatic carbocycles. The molecule has 1 aliphatic heterocycles. The fourth-order valence-electron chi connectivity index (χ4n) is 3.04. The van der Waals surface area contributed by atoms with Gasteiger partial charge in [-0.15, -0.1) is 0 Å². The van der Waals surface area contributed by atoms with E-state index in [-0.39, 0.29) is 28.3 Å². The number of amides is 2. The summed E-state index contributed by atoms with van der Waals surface area (Å²) >= 11 is 6.01. The van der Waals surface area contributed by atoms with Gasteiger partial charge < -0.3 is 14.8 Å². The molecule has 1 saturated heterocycles. The maximum absolute atomic E-state index is 13.0. The van der Waals surface area contributed by atoms with Crippen molar-refractivity contribution in [2.24, 2.45) is 7.05 Å². The van der Waals surface area contributed by atoms with Gasteiger partial charge in [-0.05, 0) is 13.1 Å². The summed E-state index contributed by atoms with van der Waals surface area (Å²) in [7, 11) is 3.89. The second-order valence-corrected chi connectivity index (χ2v) is 6.66. The highest BCUT2D eigenvalue weighted by molar-refractivity contribution is 6.34. The van der Waals surface area contributed by atoms with Crippen LogP contribution in [0.4, 0.5) is 19.3 Å². The van der Waals surface area contributed by atoms with Gasteiger partial charge in [-0.3, -0.25) is 4.90 Å². The Hall–Kier alpha value is -2.19. The molecule has 1 unspecified atom stereocenters. The average molecular weight is 384 g/mol. The maximum atomic E-state index is 13.0. The van der Waals surface area contributed by atoms with Gasteiger partial charge in [0.2, 0.25) is 0 Å². The highest BCUT2D eigenvalue weighted by atomic mass is 35.5. The van der Waals surface area contributed by atoms with Crippen LogP contribution in [-0.2, 0) is 7.05 Å². The first-order valence-corrected chi connectivity index (χ1v) is 8.56.